The van der Waals surface area contributed by atoms with Crippen LogP contribution in [0.1, 0.15) is 31.1 Å². The largest absolute Gasteiger partial charge is 0.310 e. The lowest BCUT2D eigenvalue weighted by Crippen LogP contribution is -2.45. The third kappa shape index (κ3) is 3.30. The molecule has 2 nitrogen and oxygen atoms in total. The average Bonchev–Trinajstić information content (AvgIpc) is 2.83. The minimum absolute atomic E-state index is 0.763. The number of hydrogen-bond donors (Lipinski definition) is 1. The van der Waals surface area contributed by atoms with Crippen LogP contribution < -0.4 is 5.32 Å². The normalized spacial score (nSPS) is 22.4. The summed E-state index contributed by atoms with van der Waals surface area (Å²) in [4.78, 5) is 4.06. The van der Waals surface area contributed by atoms with Gasteiger partial charge in [0.2, 0.25) is 0 Å². The highest BCUT2D eigenvalue weighted by molar-refractivity contribution is 7.09. The summed E-state index contributed by atoms with van der Waals surface area (Å²) in [5.41, 5.74) is 0. The van der Waals surface area contributed by atoms with Crippen LogP contribution in [0.4, 0.5) is 0 Å². The van der Waals surface area contributed by atoms with Gasteiger partial charge in [-0.3, -0.25) is 4.90 Å². The van der Waals surface area contributed by atoms with Crippen molar-refractivity contribution in [3.63, 3.8) is 0 Å². The van der Waals surface area contributed by atoms with Gasteiger partial charge in [-0.15, -0.1) is 11.3 Å². The van der Waals surface area contributed by atoms with Crippen LogP contribution in [0.2, 0.25) is 0 Å². The maximum atomic E-state index is 3.59. The summed E-state index contributed by atoms with van der Waals surface area (Å²) in [5, 5.41) is 5.74. The highest BCUT2D eigenvalue weighted by Crippen LogP contribution is 2.16. The molecule has 2 rings (SSSR count). The van der Waals surface area contributed by atoms with Gasteiger partial charge in [0.05, 0.1) is 0 Å². The molecule has 2 heterocycles. The Kier molecular flexibility index (Phi) is 4.82. The number of nitrogens with zero attached hydrogens (tertiary/aromatic N) is 1. The Morgan fingerprint density at radius 3 is 3.19 bits per heavy atom. The van der Waals surface area contributed by atoms with Crippen molar-refractivity contribution >= 4 is 11.3 Å². The van der Waals surface area contributed by atoms with Crippen molar-refractivity contribution in [2.75, 3.05) is 19.6 Å². The van der Waals surface area contributed by atoms with Crippen LogP contribution in [0.25, 0.3) is 0 Å². The third-order valence-electron chi connectivity index (χ3n) is 3.41. The highest BCUT2D eigenvalue weighted by Gasteiger charge is 2.19. The number of hydrogen-bond acceptors (Lipinski definition) is 3. The Morgan fingerprint density at radius 2 is 2.44 bits per heavy atom. The molecular weight excluding hydrogens is 216 g/mol. The number of likely N-dealkylation sites (tertiary alicyclic amines) is 1. The molecule has 0 saturated carbocycles. The van der Waals surface area contributed by atoms with Crippen LogP contribution in [0.5, 0.6) is 0 Å². The first-order valence-corrected chi connectivity index (χ1v) is 7.25. The van der Waals surface area contributed by atoms with Crippen molar-refractivity contribution in [2.45, 2.75) is 38.8 Å². The van der Waals surface area contributed by atoms with Gasteiger partial charge in [-0.2, -0.15) is 0 Å². The Bertz CT molecular complexity index is 284. The van der Waals surface area contributed by atoms with Gasteiger partial charge in [-0.1, -0.05) is 19.4 Å². The van der Waals surface area contributed by atoms with Crippen LogP contribution in [0.15, 0.2) is 17.5 Å². The second-order valence-electron chi connectivity index (χ2n) is 4.49. The van der Waals surface area contributed by atoms with Gasteiger partial charge in [0, 0.05) is 24.0 Å². The van der Waals surface area contributed by atoms with Gasteiger partial charge < -0.3 is 5.32 Å². The predicted octanol–water partition coefficient (Wildman–Crippen LogP) is 2.71. The molecule has 1 fully saturated rings. The fourth-order valence-electron chi connectivity index (χ4n) is 2.48. The van der Waals surface area contributed by atoms with Gasteiger partial charge in [-0.25, -0.2) is 0 Å². The molecule has 3 heteroatoms. The van der Waals surface area contributed by atoms with Gasteiger partial charge in [0.25, 0.3) is 0 Å². The van der Waals surface area contributed by atoms with E-state index in [0.717, 1.165) is 19.1 Å². The van der Waals surface area contributed by atoms with E-state index in [9.17, 15) is 0 Å². The lowest BCUT2D eigenvalue weighted by molar-refractivity contribution is 0.153. The van der Waals surface area contributed by atoms with Crippen molar-refractivity contribution < 1.29 is 0 Å². The lowest BCUT2D eigenvalue weighted by atomic mass is 10.0. The highest BCUT2D eigenvalue weighted by atomic mass is 32.1. The zero-order valence-corrected chi connectivity index (χ0v) is 10.9. The van der Waals surface area contributed by atoms with E-state index >= 15 is 0 Å². The van der Waals surface area contributed by atoms with Crippen molar-refractivity contribution in [2.24, 2.45) is 0 Å². The Hall–Kier alpha value is -0.380. The van der Waals surface area contributed by atoms with Crippen LogP contribution in [-0.4, -0.2) is 30.6 Å². The lowest BCUT2D eigenvalue weighted by Gasteiger charge is -2.35. The standard InChI is InChI=1S/C13H22N2S/c1-2-15-8-4-3-6-12(15)10-14-11-13-7-5-9-16-13/h5,7,9,12,14H,2-4,6,8,10-11H2,1H3. The first-order valence-electron chi connectivity index (χ1n) is 6.37. The van der Waals surface area contributed by atoms with E-state index in [1.54, 1.807) is 0 Å². The van der Waals surface area contributed by atoms with Crippen LogP contribution in [0.3, 0.4) is 0 Å². The number of nitrogens with one attached hydrogen (secondary N) is 1. The molecule has 1 aromatic rings. The zero-order valence-electron chi connectivity index (χ0n) is 10.1. The zero-order chi connectivity index (χ0) is 11.2. The number of piperidine rings is 1. The number of rotatable bonds is 5. The topological polar surface area (TPSA) is 15.3 Å². The summed E-state index contributed by atoms with van der Waals surface area (Å²) in [6, 6.07) is 5.09. The molecule has 0 bridgehead atoms. The average molecular weight is 238 g/mol. The van der Waals surface area contributed by atoms with Crippen molar-refractivity contribution in [3.8, 4) is 0 Å². The molecule has 0 spiro atoms. The smallest absolute Gasteiger partial charge is 0.0300 e. The van der Waals surface area contributed by atoms with Gasteiger partial charge in [0.15, 0.2) is 0 Å². The quantitative estimate of drug-likeness (QED) is 0.848. The first kappa shape index (κ1) is 12.1. The summed E-state index contributed by atoms with van der Waals surface area (Å²) >= 11 is 1.84. The van der Waals surface area contributed by atoms with E-state index in [1.807, 2.05) is 11.3 Å². The van der Waals surface area contributed by atoms with E-state index in [-0.39, 0.29) is 0 Å². The predicted molar refractivity (Wildman–Crippen MR) is 70.9 cm³/mol. The van der Waals surface area contributed by atoms with Crippen LogP contribution >= 0.6 is 11.3 Å². The van der Waals surface area contributed by atoms with Gasteiger partial charge in [0.1, 0.15) is 0 Å². The molecule has 0 aromatic carbocycles. The van der Waals surface area contributed by atoms with Crippen LogP contribution in [-0.2, 0) is 6.54 Å². The maximum absolute atomic E-state index is 3.59. The first-order chi connectivity index (χ1) is 7.90. The molecule has 1 aliphatic rings. The SMILES string of the molecule is CCN1CCCCC1CNCc1cccs1. The molecule has 1 saturated heterocycles. The van der Waals surface area contributed by atoms with Crippen molar-refractivity contribution in [1.82, 2.24) is 10.2 Å². The molecule has 90 valence electrons. The van der Waals surface area contributed by atoms with Gasteiger partial charge >= 0.3 is 0 Å². The molecule has 1 atom stereocenters. The monoisotopic (exact) mass is 238 g/mol. The Labute approximate surface area is 103 Å². The Morgan fingerprint density at radius 1 is 1.50 bits per heavy atom. The summed E-state index contributed by atoms with van der Waals surface area (Å²) in [6.45, 7) is 6.95. The van der Waals surface area contributed by atoms with Crippen molar-refractivity contribution in [1.29, 1.82) is 0 Å². The summed E-state index contributed by atoms with van der Waals surface area (Å²) in [5.74, 6) is 0. The molecule has 16 heavy (non-hydrogen) atoms. The van der Waals surface area contributed by atoms with Crippen molar-refractivity contribution in [3.05, 3.63) is 22.4 Å². The van der Waals surface area contributed by atoms with E-state index in [2.05, 4.69) is 34.7 Å². The number of likely N-dealkylation sites (N-methyl/N-ethyl adjacent to an activating group) is 1. The Balaban J connectivity index is 1.71. The molecule has 0 amide bonds. The van der Waals surface area contributed by atoms with E-state index in [1.165, 1.54) is 37.2 Å². The maximum Gasteiger partial charge on any atom is 0.0300 e. The molecular formula is C13H22N2S. The van der Waals surface area contributed by atoms with Gasteiger partial charge in [-0.05, 0) is 37.4 Å². The third-order valence-corrected chi connectivity index (χ3v) is 4.29. The fourth-order valence-corrected chi connectivity index (χ4v) is 3.16. The van der Waals surface area contributed by atoms with Crippen LogP contribution in [0, 0.1) is 0 Å². The van der Waals surface area contributed by atoms with E-state index in [4.69, 9.17) is 0 Å². The second-order valence-corrected chi connectivity index (χ2v) is 5.52. The van der Waals surface area contributed by atoms with E-state index < -0.39 is 0 Å². The minimum Gasteiger partial charge on any atom is -0.310 e. The second kappa shape index (κ2) is 6.38. The minimum atomic E-state index is 0.763. The molecule has 1 N–H and O–H groups in total. The van der Waals surface area contributed by atoms with E-state index in [0.29, 0.717) is 0 Å². The molecule has 1 unspecified atom stereocenters. The summed E-state index contributed by atoms with van der Waals surface area (Å²) in [7, 11) is 0. The fraction of sp³-hybridized carbons (Fsp3) is 0.692. The summed E-state index contributed by atoms with van der Waals surface area (Å²) < 4.78 is 0. The molecule has 0 aliphatic carbocycles. The molecule has 0 radical (unpaired) electrons. The molecule has 1 aliphatic heterocycles. The molecule has 1 aromatic heterocycles. The number of thiophene rings is 1. The summed E-state index contributed by atoms with van der Waals surface area (Å²) in [6.07, 6.45) is 4.16.